The zero-order valence-corrected chi connectivity index (χ0v) is 15.4. The Labute approximate surface area is 158 Å². The van der Waals surface area contributed by atoms with E-state index < -0.39 is 11.9 Å². The number of methoxy groups -OCH3 is 2. The zero-order chi connectivity index (χ0) is 19.5. The maximum atomic E-state index is 11.7. The molecule has 0 bridgehead atoms. The molecule has 6 nitrogen and oxygen atoms in total. The second-order valence-electron chi connectivity index (χ2n) is 5.66. The molecule has 1 N–H and O–H groups in total. The van der Waals surface area contributed by atoms with Crippen molar-refractivity contribution in [3.63, 3.8) is 0 Å². The van der Waals surface area contributed by atoms with E-state index in [-0.39, 0.29) is 5.70 Å². The van der Waals surface area contributed by atoms with Crippen LogP contribution in [0.3, 0.4) is 0 Å². The summed E-state index contributed by atoms with van der Waals surface area (Å²) >= 11 is 0. The van der Waals surface area contributed by atoms with Crippen molar-refractivity contribution in [3.8, 4) is 5.75 Å². The van der Waals surface area contributed by atoms with Crippen molar-refractivity contribution in [1.29, 1.82) is 0 Å². The van der Waals surface area contributed by atoms with Crippen molar-refractivity contribution < 1.29 is 23.8 Å². The van der Waals surface area contributed by atoms with Crippen LogP contribution in [-0.4, -0.2) is 32.8 Å². The molecule has 0 fully saturated rings. The number of anilines is 1. The highest BCUT2D eigenvalue weighted by Gasteiger charge is 2.12. The molecule has 2 rings (SSSR count). The smallest absolute Gasteiger partial charge is 0.354 e. The molecule has 0 heterocycles. The fraction of sp³-hybridized carbons (Fsp3) is 0.238. The first-order valence-electron chi connectivity index (χ1n) is 8.54. The van der Waals surface area contributed by atoms with Crippen molar-refractivity contribution in [2.24, 2.45) is 0 Å². The standard InChI is InChI=1S/C21H23NO5/c1-25-20(23)15-19(21(24)26-2)22-17-10-12-18(13-11-17)27-14-6-9-16-7-4-3-5-8-16/h3-5,7-8,10-13,15,22H,6,9,14H2,1-2H3/b19-15+. The molecule has 0 atom stereocenters. The third kappa shape index (κ3) is 6.86. The van der Waals surface area contributed by atoms with Crippen LogP contribution in [0.25, 0.3) is 0 Å². The fourth-order valence-corrected chi connectivity index (χ4v) is 2.33. The average molecular weight is 369 g/mol. The molecule has 0 unspecified atom stereocenters. The Morgan fingerprint density at radius 2 is 1.67 bits per heavy atom. The summed E-state index contributed by atoms with van der Waals surface area (Å²) in [6.45, 7) is 0.608. The van der Waals surface area contributed by atoms with Gasteiger partial charge >= 0.3 is 11.9 Å². The minimum absolute atomic E-state index is 0.0131. The SMILES string of the molecule is COC(=O)/C=C(/Nc1ccc(OCCCc2ccccc2)cc1)C(=O)OC. The molecule has 0 aliphatic heterocycles. The van der Waals surface area contributed by atoms with Crippen LogP contribution in [0.5, 0.6) is 5.75 Å². The summed E-state index contributed by atoms with van der Waals surface area (Å²) in [5.41, 5.74) is 1.89. The molecule has 142 valence electrons. The van der Waals surface area contributed by atoms with E-state index in [1.807, 2.05) is 18.2 Å². The van der Waals surface area contributed by atoms with Crippen molar-refractivity contribution in [1.82, 2.24) is 0 Å². The molecule has 0 radical (unpaired) electrons. The first kappa shape index (κ1) is 20.0. The van der Waals surface area contributed by atoms with Gasteiger partial charge in [0.2, 0.25) is 0 Å². The first-order valence-corrected chi connectivity index (χ1v) is 8.54. The Balaban J connectivity index is 1.87. The summed E-state index contributed by atoms with van der Waals surface area (Å²) in [5.74, 6) is -0.590. The molecule has 0 spiro atoms. The lowest BCUT2D eigenvalue weighted by molar-refractivity contribution is -0.138. The minimum Gasteiger partial charge on any atom is -0.494 e. The lowest BCUT2D eigenvalue weighted by Crippen LogP contribution is -2.15. The Bertz CT molecular complexity index is 769. The molecule has 2 aromatic rings. The Kier molecular flexibility index (Phi) is 7.91. The fourth-order valence-electron chi connectivity index (χ4n) is 2.33. The molecule has 0 saturated heterocycles. The Morgan fingerprint density at radius 3 is 2.30 bits per heavy atom. The summed E-state index contributed by atoms with van der Waals surface area (Å²) < 4.78 is 14.9. The normalized spacial score (nSPS) is 10.8. The van der Waals surface area contributed by atoms with E-state index >= 15 is 0 Å². The van der Waals surface area contributed by atoms with Crippen LogP contribution >= 0.6 is 0 Å². The van der Waals surface area contributed by atoms with Gasteiger partial charge in [-0.15, -0.1) is 0 Å². The largest absolute Gasteiger partial charge is 0.494 e. The van der Waals surface area contributed by atoms with Crippen molar-refractivity contribution in [2.45, 2.75) is 12.8 Å². The molecule has 27 heavy (non-hydrogen) atoms. The van der Waals surface area contributed by atoms with Crippen LogP contribution in [0.2, 0.25) is 0 Å². The van der Waals surface area contributed by atoms with E-state index in [0.29, 0.717) is 12.3 Å². The number of carbonyl (C=O) groups excluding carboxylic acids is 2. The predicted octanol–water partition coefficient (Wildman–Crippen LogP) is 3.34. The molecule has 6 heteroatoms. The van der Waals surface area contributed by atoms with Crippen LogP contribution in [0, 0.1) is 0 Å². The predicted molar refractivity (Wildman–Crippen MR) is 102 cm³/mol. The van der Waals surface area contributed by atoms with E-state index in [4.69, 9.17) is 4.74 Å². The molecular weight excluding hydrogens is 346 g/mol. The number of benzene rings is 2. The summed E-state index contributed by atoms with van der Waals surface area (Å²) in [6.07, 6.45) is 2.92. The third-order valence-corrected chi connectivity index (χ3v) is 3.72. The van der Waals surface area contributed by atoms with Gasteiger partial charge in [-0.3, -0.25) is 0 Å². The number of nitrogens with one attached hydrogen (secondary N) is 1. The summed E-state index contributed by atoms with van der Waals surface area (Å²) in [7, 11) is 2.47. The van der Waals surface area contributed by atoms with E-state index in [9.17, 15) is 9.59 Å². The number of ether oxygens (including phenoxy) is 3. The van der Waals surface area contributed by atoms with Gasteiger partial charge in [-0.2, -0.15) is 0 Å². The highest BCUT2D eigenvalue weighted by Crippen LogP contribution is 2.18. The maximum Gasteiger partial charge on any atom is 0.354 e. The molecule has 0 saturated carbocycles. The van der Waals surface area contributed by atoms with Gasteiger partial charge in [-0.05, 0) is 42.7 Å². The Hall–Kier alpha value is -3.28. The quantitative estimate of drug-likeness (QED) is 0.415. The molecular formula is C21H23NO5. The molecule has 0 aliphatic rings. The minimum atomic E-state index is -0.665. The summed E-state index contributed by atoms with van der Waals surface area (Å²) in [5, 5.41) is 2.84. The lowest BCUT2D eigenvalue weighted by atomic mass is 10.1. The van der Waals surface area contributed by atoms with Crippen molar-refractivity contribution in [3.05, 3.63) is 71.9 Å². The number of carbonyl (C=O) groups is 2. The van der Waals surface area contributed by atoms with Gasteiger partial charge in [0.1, 0.15) is 11.4 Å². The van der Waals surface area contributed by atoms with Gasteiger partial charge in [-0.25, -0.2) is 9.59 Å². The van der Waals surface area contributed by atoms with Crippen LogP contribution in [0.15, 0.2) is 66.4 Å². The second-order valence-corrected chi connectivity index (χ2v) is 5.66. The van der Waals surface area contributed by atoms with Gasteiger partial charge in [0.25, 0.3) is 0 Å². The van der Waals surface area contributed by atoms with Gasteiger partial charge < -0.3 is 19.5 Å². The lowest BCUT2D eigenvalue weighted by Gasteiger charge is -2.10. The number of hydrogen-bond donors (Lipinski definition) is 1. The molecule has 2 aromatic carbocycles. The monoisotopic (exact) mass is 369 g/mol. The summed E-state index contributed by atoms with van der Waals surface area (Å²) in [6, 6.07) is 17.3. The average Bonchev–Trinajstić information content (AvgIpc) is 2.71. The highest BCUT2D eigenvalue weighted by molar-refractivity contribution is 5.98. The van der Waals surface area contributed by atoms with Gasteiger partial charge in [0, 0.05) is 5.69 Å². The van der Waals surface area contributed by atoms with Crippen LogP contribution in [0.4, 0.5) is 5.69 Å². The van der Waals surface area contributed by atoms with Crippen molar-refractivity contribution >= 4 is 17.6 Å². The molecule has 0 aromatic heterocycles. The topological polar surface area (TPSA) is 73.9 Å². The number of hydrogen-bond acceptors (Lipinski definition) is 6. The van der Waals surface area contributed by atoms with E-state index in [1.165, 1.54) is 19.8 Å². The van der Waals surface area contributed by atoms with Gasteiger partial charge in [0.15, 0.2) is 0 Å². The number of rotatable bonds is 9. The van der Waals surface area contributed by atoms with E-state index in [1.54, 1.807) is 24.3 Å². The maximum absolute atomic E-state index is 11.7. The first-order chi connectivity index (χ1) is 13.1. The number of esters is 2. The molecule has 0 aliphatic carbocycles. The second kappa shape index (κ2) is 10.7. The Morgan fingerprint density at radius 1 is 0.963 bits per heavy atom. The number of aryl methyl sites for hydroxylation is 1. The zero-order valence-electron chi connectivity index (χ0n) is 15.4. The van der Waals surface area contributed by atoms with Crippen LogP contribution < -0.4 is 10.1 Å². The summed E-state index contributed by atoms with van der Waals surface area (Å²) in [4.78, 5) is 23.1. The third-order valence-electron chi connectivity index (χ3n) is 3.72. The van der Waals surface area contributed by atoms with E-state index in [2.05, 4.69) is 26.9 Å². The van der Waals surface area contributed by atoms with Crippen LogP contribution in [-0.2, 0) is 25.5 Å². The van der Waals surface area contributed by atoms with Crippen LogP contribution in [0.1, 0.15) is 12.0 Å². The molecule has 0 amide bonds. The van der Waals surface area contributed by atoms with Gasteiger partial charge in [-0.1, -0.05) is 30.3 Å². The van der Waals surface area contributed by atoms with Gasteiger partial charge in [0.05, 0.1) is 26.9 Å². The van der Waals surface area contributed by atoms with Crippen molar-refractivity contribution in [2.75, 3.05) is 26.1 Å². The highest BCUT2D eigenvalue weighted by atomic mass is 16.5. The van der Waals surface area contributed by atoms with E-state index in [0.717, 1.165) is 24.7 Å².